The maximum atomic E-state index is 12.7. The van der Waals surface area contributed by atoms with Crippen LogP contribution in [-0.2, 0) is 16.6 Å². The lowest BCUT2D eigenvalue weighted by atomic mass is 10.1. The Balaban J connectivity index is 1.65. The normalized spacial score (nSPS) is 11.8. The van der Waals surface area contributed by atoms with Gasteiger partial charge < -0.3 is 4.57 Å². The van der Waals surface area contributed by atoms with Crippen molar-refractivity contribution in [3.63, 3.8) is 0 Å². The highest BCUT2D eigenvalue weighted by Crippen LogP contribution is 2.23. The number of aryl methyl sites for hydroxylation is 2. The van der Waals surface area contributed by atoms with Gasteiger partial charge in [0.05, 0.1) is 5.69 Å². The third-order valence-electron chi connectivity index (χ3n) is 4.22. The van der Waals surface area contributed by atoms with E-state index in [0.29, 0.717) is 29.5 Å². The minimum atomic E-state index is -3.77. The molecule has 4 rings (SSSR count). The summed E-state index contributed by atoms with van der Waals surface area (Å²) < 4.78 is 31.5. The van der Waals surface area contributed by atoms with Crippen molar-refractivity contribution in [1.29, 1.82) is 0 Å². The molecule has 0 aliphatic heterocycles. The van der Waals surface area contributed by atoms with Crippen molar-refractivity contribution in [3.05, 3.63) is 60.9 Å². The second kappa shape index (κ2) is 6.51. The van der Waals surface area contributed by atoms with Crippen LogP contribution in [0, 0.1) is 6.92 Å². The van der Waals surface area contributed by atoms with E-state index in [-0.39, 0.29) is 5.03 Å². The van der Waals surface area contributed by atoms with Crippen LogP contribution in [0.5, 0.6) is 0 Å². The average Bonchev–Trinajstić information content (AvgIpc) is 3.25. The third kappa shape index (κ3) is 3.28. The molecule has 0 bridgehead atoms. The fourth-order valence-corrected chi connectivity index (χ4v) is 3.91. The van der Waals surface area contributed by atoms with E-state index in [1.165, 1.54) is 6.20 Å². The summed E-state index contributed by atoms with van der Waals surface area (Å²) >= 11 is 0. The zero-order valence-corrected chi connectivity index (χ0v) is 15.7. The predicted molar refractivity (Wildman–Crippen MR) is 102 cm³/mol. The Morgan fingerprint density at radius 2 is 2.00 bits per heavy atom. The van der Waals surface area contributed by atoms with E-state index in [4.69, 9.17) is 0 Å². The first-order valence-electron chi connectivity index (χ1n) is 8.43. The molecule has 8 nitrogen and oxygen atoms in total. The Morgan fingerprint density at radius 3 is 2.74 bits per heavy atom. The summed E-state index contributed by atoms with van der Waals surface area (Å²) in [6.07, 6.45) is 6.92. The van der Waals surface area contributed by atoms with Crippen LogP contribution in [0.15, 0.2) is 60.1 Å². The summed E-state index contributed by atoms with van der Waals surface area (Å²) in [5.41, 5.74) is 1.94. The van der Waals surface area contributed by atoms with E-state index in [1.807, 2.05) is 35.9 Å². The first kappa shape index (κ1) is 17.2. The predicted octanol–water partition coefficient (Wildman–Crippen LogP) is 2.72. The lowest BCUT2D eigenvalue weighted by molar-refractivity contribution is 0.598. The van der Waals surface area contributed by atoms with Gasteiger partial charge in [-0.3, -0.25) is 9.12 Å². The Hall–Kier alpha value is -3.20. The van der Waals surface area contributed by atoms with Crippen molar-refractivity contribution >= 4 is 21.5 Å². The number of sulfonamides is 1. The lowest BCUT2D eigenvalue weighted by Gasteiger charge is -2.07. The molecule has 138 valence electrons. The molecule has 0 aliphatic carbocycles. The van der Waals surface area contributed by atoms with Gasteiger partial charge in [-0.05, 0) is 32.0 Å². The zero-order chi connectivity index (χ0) is 19.0. The van der Waals surface area contributed by atoms with Gasteiger partial charge in [0.15, 0.2) is 5.03 Å². The molecule has 0 fully saturated rings. The van der Waals surface area contributed by atoms with E-state index >= 15 is 0 Å². The molecule has 0 spiro atoms. The molecule has 0 atom stereocenters. The Kier molecular flexibility index (Phi) is 4.15. The monoisotopic (exact) mass is 382 g/mol. The lowest BCUT2D eigenvalue weighted by Crippen LogP contribution is -2.13. The van der Waals surface area contributed by atoms with Gasteiger partial charge in [-0.25, -0.2) is 15.0 Å². The molecule has 0 amide bonds. The molecule has 1 aromatic carbocycles. The highest BCUT2D eigenvalue weighted by molar-refractivity contribution is 7.92. The molecule has 4 aromatic rings. The van der Waals surface area contributed by atoms with Crippen molar-refractivity contribution in [2.24, 2.45) is 0 Å². The standard InChI is InChI=1S/C18H18N6O2S/c1-3-23-12-17(20-13(23)2)27(25,26)22-15-7-4-6-14(10-15)16-11-24-9-5-8-19-18(24)21-16/h4-12,22H,3H2,1-2H3. The van der Waals surface area contributed by atoms with E-state index in [1.54, 1.807) is 35.9 Å². The van der Waals surface area contributed by atoms with E-state index in [0.717, 1.165) is 5.56 Å². The fourth-order valence-electron chi connectivity index (χ4n) is 2.85. The molecule has 0 radical (unpaired) electrons. The molecule has 0 saturated heterocycles. The first-order valence-corrected chi connectivity index (χ1v) is 9.91. The Bertz CT molecular complexity index is 1190. The van der Waals surface area contributed by atoms with Gasteiger partial charge in [-0.1, -0.05) is 12.1 Å². The number of hydrogen-bond donors (Lipinski definition) is 1. The molecule has 0 unspecified atom stereocenters. The second-order valence-corrected chi connectivity index (χ2v) is 7.68. The van der Waals surface area contributed by atoms with Crippen molar-refractivity contribution < 1.29 is 8.42 Å². The van der Waals surface area contributed by atoms with Crippen LogP contribution < -0.4 is 4.72 Å². The SMILES string of the molecule is CCn1cc(S(=O)(=O)Nc2cccc(-c3cn4cccnc4n3)c2)nc1C. The van der Waals surface area contributed by atoms with Gasteiger partial charge in [0.2, 0.25) is 5.78 Å². The zero-order valence-electron chi connectivity index (χ0n) is 14.9. The average molecular weight is 382 g/mol. The number of anilines is 1. The minimum absolute atomic E-state index is 0.00387. The molecule has 1 N–H and O–H groups in total. The molecule has 0 aliphatic rings. The number of fused-ring (bicyclic) bond motifs is 1. The van der Waals surface area contributed by atoms with Gasteiger partial charge in [-0.2, -0.15) is 8.42 Å². The van der Waals surface area contributed by atoms with E-state index < -0.39 is 10.0 Å². The summed E-state index contributed by atoms with van der Waals surface area (Å²) in [5.74, 6) is 1.24. The topological polar surface area (TPSA) is 94.2 Å². The number of nitrogens with zero attached hydrogens (tertiary/aromatic N) is 5. The van der Waals surface area contributed by atoms with Crippen LogP contribution in [0.2, 0.25) is 0 Å². The number of rotatable bonds is 5. The maximum absolute atomic E-state index is 12.7. The number of hydrogen-bond acceptors (Lipinski definition) is 5. The van der Waals surface area contributed by atoms with Gasteiger partial charge in [-0.15, -0.1) is 0 Å². The van der Waals surface area contributed by atoms with Crippen LogP contribution in [0.4, 0.5) is 5.69 Å². The maximum Gasteiger partial charge on any atom is 0.280 e. The number of imidazole rings is 2. The van der Waals surface area contributed by atoms with Crippen LogP contribution >= 0.6 is 0 Å². The Morgan fingerprint density at radius 1 is 1.15 bits per heavy atom. The quantitative estimate of drug-likeness (QED) is 0.573. The highest BCUT2D eigenvalue weighted by Gasteiger charge is 2.19. The minimum Gasteiger partial charge on any atom is -0.334 e. The van der Waals surface area contributed by atoms with E-state index in [2.05, 4.69) is 19.7 Å². The van der Waals surface area contributed by atoms with Crippen molar-refractivity contribution in [2.75, 3.05) is 4.72 Å². The summed E-state index contributed by atoms with van der Waals surface area (Å²) in [6, 6.07) is 8.90. The number of aromatic nitrogens is 5. The molecule has 3 aromatic heterocycles. The van der Waals surface area contributed by atoms with Gasteiger partial charge in [0.25, 0.3) is 10.0 Å². The number of nitrogens with one attached hydrogen (secondary N) is 1. The molecule has 27 heavy (non-hydrogen) atoms. The van der Waals surface area contributed by atoms with Crippen molar-refractivity contribution in [3.8, 4) is 11.3 Å². The molecule has 9 heteroatoms. The number of benzene rings is 1. The van der Waals surface area contributed by atoms with Gasteiger partial charge >= 0.3 is 0 Å². The summed E-state index contributed by atoms with van der Waals surface area (Å²) in [7, 11) is -3.77. The first-order chi connectivity index (χ1) is 13.0. The van der Waals surface area contributed by atoms with Crippen molar-refractivity contribution in [1.82, 2.24) is 23.9 Å². The summed E-state index contributed by atoms with van der Waals surface area (Å²) in [6.45, 7) is 4.37. The smallest absolute Gasteiger partial charge is 0.280 e. The Labute approximate surface area is 156 Å². The van der Waals surface area contributed by atoms with Crippen molar-refractivity contribution in [2.45, 2.75) is 25.4 Å². The summed E-state index contributed by atoms with van der Waals surface area (Å²) in [5, 5.41) is 0.00387. The van der Waals surface area contributed by atoms with E-state index in [9.17, 15) is 8.42 Å². The van der Waals surface area contributed by atoms with Gasteiger partial charge in [0.1, 0.15) is 5.82 Å². The second-order valence-electron chi connectivity index (χ2n) is 6.05. The highest BCUT2D eigenvalue weighted by atomic mass is 32.2. The molecular weight excluding hydrogens is 364 g/mol. The summed E-state index contributed by atoms with van der Waals surface area (Å²) in [4.78, 5) is 12.8. The molecule has 3 heterocycles. The third-order valence-corrected chi connectivity index (χ3v) is 5.47. The van der Waals surface area contributed by atoms with Gasteiger partial charge in [0, 0.05) is 42.6 Å². The van der Waals surface area contributed by atoms with Crippen LogP contribution in [0.3, 0.4) is 0 Å². The van der Waals surface area contributed by atoms with Crippen LogP contribution in [0.1, 0.15) is 12.7 Å². The fraction of sp³-hybridized carbons (Fsp3) is 0.167. The molecular formula is C18H18N6O2S. The van der Waals surface area contributed by atoms with Crippen LogP contribution in [-0.4, -0.2) is 32.3 Å². The van der Waals surface area contributed by atoms with Crippen LogP contribution in [0.25, 0.3) is 17.0 Å². The molecule has 0 saturated carbocycles. The largest absolute Gasteiger partial charge is 0.334 e.